The Morgan fingerprint density at radius 3 is 2.56 bits per heavy atom. The SMILES string of the molecule is CN(C(=O)Cc1ccon1)c1c(Cl)cccc1Cl. The fraction of sp³-hybridized carbons (Fsp3) is 0.167. The summed E-state index contributed by atoms with van der Waals surface area (Å²) in [6, 6.07) is 6.73. The van der Waals surface area contributed by atoms with Crippen LogP contribution in [0.2, 0.25) is 10.0 Å². The van der Waals surface area contributed by atoms with E-state index in [-0.39, 0.29) is 12.3 Å². The monoisotopic (exact) mass is 284 g/mol. The number of halogens is 2. The molecule has 1 aromatic heterocycles. The Morgan fingerprint density at radius 1 is 1.33 bits per heavy atom. The van der Waals surface area contributed by atoms with Crippen molar-refractivity contribution in [2.75, 3.05) is 11.9 Å². The number of carbonyl (C=O) groups is 1. The predicted molar refractivity (Wildman–Crippen MR) is 70.1 cm³/mol. The first-order valence-electron chi connectivity index (χ1n) is 5.19. The van der Waals surface area contributed by atoms with Gasteiger partial charge < -0.3 is 9.42 Å². The third-order valence-electron chi connectivity index (χ3n) is 2.47. The molecule has 0 atom stereocenters. The number of carbonyl (C=O) groups excluding carboxylic acids is 1. The van der Waals surface area contributed by atoms with Crippen molar-refractivity contribution in [3.05, 3.63) is 46.3 Å². The number of hydrogen-bond acceptors (Lipinski definition) is 3. The summed E-state index contributed by atoms with van der Waals surface area (Å²) in [6.07, 6.45) is 1.56. The lowest BCUT2D eigenvalue weighted by molar-refractivity contribution is -0.117. The first-order chi connectivity index (χ1) is 8.59. The molecule has 0 fully saturated rings. The van der Waals surface area contributed by atoms with Crippen LogP contribution in [0.4, 0.5) is 5.69 Å². The zero-order valence-corrected chi connectivity index (χ0v) is 11.1. The summed E-state index contributed by atoms with van der Waals surface area (Å²) >= 11 is 12.1. The maximum absolute atomic E-state index is 12.0. The van der Waals surface area contributed by atoms with Crippen molar-refractivity contribution in [1.82, 2.24) is 5.16 Å². The number of rotatable bonds is 3. The molecule has 6 heteroatoms. The minimum atomic E-state index is -0.168. The Balaban J connectivity index is 2.20. The molecule has 1 amide bonds. The van der Waals surface area contributed by atoms with Crippen LogP contribution in [0.5, 0.6) is 0 Å². The second-order valence-electron chi connectivity index (χ2n) is 3.69. The molecule has 94 valence electrons. The summed E-state index contributed by atoms with van der Waals surface area (Å²) in [6.45, 7) is 0. The van der Waals surface area contributed by atoms with E-state index in [2.05, 4.69) is 9.68 Å². The van der Waals surface area contributed by atoms with E-state index in [1.54, 1.807) is 31.3 Å². The third kappa shape index (κ3) is 2.66. The van der Waals surface area contributed by atoms with Crippen molar-refractivity contribution < 1.29 is 9.32 Å². The number of likely N-dealkylation sites (N-methyl/N-ethyl adjacent to an activating group) is 1. The van der Waals surface area contributed by atoms with Gasteiger partial charge in [0.2, 0.25) is 5.91 Å². The van der Waals surface area contributed by atoms with Crippen molar-refractivity contribution in [2.45, 2.75) is 6.42 Å². The molecule has 0 N–H and O–H groups in total. The largest absolute Gasteiger partial charge is 0.364 e. The van der Waals surface area contributed by atoms with Crippen LogP contribution in [0.3, 0.4) is 0 Å². The van der Waals surface area contributed by atoms with E-state index in [9.17, 15) is 4.79 Å². The zero-order chi connectivity index (χ0) is 13.1. The van der Waals surface area contributed by atoms with Crippen LogP contribution in [0.25, 0.3) is 0 Å². The van der Waals surface area contributed by atoms with Crippen molar-refractivity contribution in [1.29, 1.82) is 0 Å². The van der Waals surface area contributed by atoms with E-state index in [1.165, 1.54) is 11.2 Å². The molecule has 0 bridgehead atoms. The molecule has 1 aromatic carbocycles. The van der Waals surface area contributed by atoms with Crippen molar-refractivity contribution in [2.24, 2.45) is 0 Å². The molecule has 0 aliphatic heterocycles. The number of anilines is 1. The van der Waals surface area contributed by atoms with Gasteiger partial charge in [-0.05, 0) is 12.1 Å². The van der Waals surface area contributed by atoms with Crippen LogP contribution < -0.4 is 4.90 Å². The van der Waals surface area contributed by atoms with Gasteiger partial charge in [-0.15, -0.1) is 0 Å². The van der Waals surface area contributed by atoms with Gasteiger partial charge in [0.05, 0.1) is 27.8 Å². The van der Waals surface area contributed by atoms with Gasteiger partial charge in [-0.2, -0.15) is 0 Å². The van der Waals surface area contributed by atoms with Crippen molar-refractivity contribution in [3.8, 4) is 0 Å². The fourth-order valence-corrected chi connectivity index (χ4v) is 2.19. The van der Waals surface area contributed by atoms with Gasteiger partial charge in [0.25, 0.3) is 0 Å². The van der Waals surface area contributed by atoms with Crippen LogP contribution in [0.1, 0.15) is 5.69 Å². The van der Waals surface area contributed by atoms with Crippen LogP contribution in [0, 0.1) is 0 Å². The third-order valence-corrected chi connectivity index (χ3v) is 3.08. The molecule has 4 nitrogen and oxygen atoms in total. The van der Waals surface area contributed by atoms with Gasteiger partial charge in [-0.1, -0.05) is 34.4 Å². The summed E-state index contributed by atoms with van der Waals surface area (Å²) in [7, 11) is 1.62. The van der Waals surface area contributed by atoms with Crippen molar-refractivity contribution in [3.63, 3.8) is 0 Å². The molecular formula is C12H10Cl2N2O2. The van der Waals surface area contributed by atoms with Crippen molar-refractivity contribution >= 4 is 34.8 Å². The van der Waals surface area contributed by atoms with E-state index in [4.69, 9.17) is 23.2 Å². The quantitative estimate of drug-likeness (QED) is 0.870. The van der Waals surface area contributed by atoms with Crippen LogP contribution >= 0.6 is 23.2 Å². The van der Waals surface area contributed by atoms with Gasteiger partial charge in [0.15, 0.2) is 0 Å². The van der Waals surface area contributed by atoms with Gasteiger partial charge >= 0.3 is 0 Å². The molecule has 0 aliphatic carbocycles. The smallest absolute Gasteiger partial charge is 0.232 e. The summed E-state index contributed by atoms with van der Waals surface area (Å²) in [4.78, 5) is 13.5. The maximum atomic E-state index is 12.0. The lowest BCUT2D eigenvalue weighted by atomic mass is 10.2. The number of aromatic nitrogens is 1. The average Bonchev–Trinajstić information content (AvgIpc) is 2.81. The Hall–Kier alpha value is -1.52. The highest BCUT2D eigenvalue weighted by molar-refractivity contribution is 6.39. The normalized spacial score (nSPS) is 10.4. The summed E-state index contributed by atoms with van der Waals surface area (Å²) in [5.74, 6) is -0.168. The first kappa shape index (κ1) is 12.9. The number of para-hydroxylation sites is 1. The topological polar surface area (TPSA) is 46.3 Å². The molecule has 0 radical (unpaired) electrons. The van der Waals surface area contributed by atoms with E-state index in [0.717, 1.165) is 0 Å². The minimum Gasteiger partial charge on any atom is -0.364 e. The molecule has 0 aliphatic rings. The predicted octanol–water partition coefficient (Wildman–Crippen LogP) is 3.19. The molecule has 0 spiro atoms. The Kier molecular flexibility index (Phi) is 3.89. The molecule has 1 heterocycles. The minimum absolute atomic E-state index is 0.133. The highest BCUT2D eigenvalue weighted by atomic mass is 35.5. The zero-order valence-electron chi connectivity index (χ0n) is 9.56. The number of benzene rings is 1. The highest BCUT2D eigenvalue weighted by Gasteiger charge is 2.18. The lowest BCUT2D eigenvalue weighted by Crippen LogP contribution is -2.28. The Morgan fingerprint density at radius 2 is 2.00 bits per heavy atom. The van der Waals surface area contributed by atoms with E-state index in [0.29, 0.717) is 21.4 Å². The summed E-state index contributed by atoms with van der Waals surface area (Å²) < 4.78 is 4.68. The van der Waals surface area contributed by atoms with Crippen LogP contribution in [0.15, 0.2) is 35.1 Å². The van der Waals surface area contributed by atoms with Gasteiger partial charge in [0, 0.05) is 13.1 Å². The molecule has 0 saturated carbocycles. The maximum Gasteiger partial charge on any atom is 0.232 e. The second kappa shape index (κ2) is 5.42. The Bertz CT molecular complexity index is 535. The van der Waals surface area contributed by atoms with Gasteiger partial charge in [0.1, 0.15) is 6.26 Å². The summed E-state index contributed by atoms with van der Waals surface area (Å²) in [5.41, 5.74) is 1.06. The lowest BCUT2D eigenvalue weighted by Gasteiger charge is -2.19. The number of nitrogens with zero attached hydrogens (tertiary/aromatic N) is 2. The molecular weight excluding hydrogens is 275 g/mol. The first-order valence-corrected chi connectivity index (χ1v) is 5.95. The van der Waals surface area contributed by atoms with E-state index >= 15 is 0 Å². The fourth-order valence-electron chi connectivity index (χ4n) is 1.54. The summed E-state index contributed by atoms with van der Waals surface area (Å²) in [5, 5.41) is 4.55. The molecule has 0 unspecified atom stereocenters. The van der Waals surface area contributed by atoms with Gasteiger partial charge in [-0.3, -0.25) is 4.79 Å². The van der Waals surface area contributed by atoms with E-state index < -0.39 is 0 Å². The van der Waals surface area contributed by atoms with Crippen LogP contribution in [-0.4, -0.2) is 18.1 Å². The highest BCUT2D eigenvalue weighted by Crippen LogP contribution is 2.32. The molecule has 2 rings (SSSR count). The molecule has 18 heavy (non-hydrogen) atoms. The van der Waals surface area contributed by atoms with Gasteiger partial charge in [-0.25, -0.2) is 0 Å². The van der Waals surface area contributed by atoms with E-state index in [1.807, 2.05) is 0 Å². The number of hydrogen-bond donors (Lipinski definition) is 0. The molecule has 0 saturated heterocycles. The molecule has 2 aromatic rings. The van der Waals surface area contributed by atoms with Crippen LogP contribution in [-0.2, 0) is 11.2 Å². The number of amides is 1. The average molecular weight is 285 g/mol. The Labute approximate surface area is 114 Å². The second-order valence-corrected chi connectivity index (χ2v) is 4.50. The standard InChI is InChI=1S/C12H10Cl2N2O2/c1-16(11(17)7-8-5-6-18-15-8)12-9(13)3-2-4-10(12)14/h2-6H,7H2,1H3.